The number of fused-ring (bicyclic) bond motifs is 1. The Bertz CT molecular complexity index is 1290. The molecule has 0 amide bonds. The zero-order chi connectivity index (χ0) is 21.5. The summed E-state index contributed by atoms with van der Waals surface area (Å²) in [4.78, 5) is 26.2. The molecule has 8 nitrogen and oxygen atoms in total. The molecule has 1 aliphatic heterocycles. The van der Waals surface area contributed by atoms with Crippen LogP contribution in [0.25, 0.3) is 10.9 Å². The van der Waals surface area contributed by atoms with E-state index < -0.39 is 23.1 Å². The van der Waals surface area contributed by atoms with Crippen LogP contribution in [0.15, 0.2) is 27.5 Å². The number of hydrogen-bond acceptors (Lipinski definition) is 5. The molecule has 0 unspecified atom stereocenters. The van der Waals surface area contributed by atoms with Crippen LogP contribution in [0.1, 0.15) is 66.8 Å². The number of halogens is 1. The lowest BCUT2D eigenvalue weighted by Crippen LogP contribution is -2.27. The highest BCUT2D eigenvalue weighted by molar-refractivity contribution is 5.95. The summed E-state index contributed by atoms with van der Waals surface area (Å²) in [6.07, 6.45) is 4.29. The zero-order valence-electron chi connectivity index (χ0n) is 17.0. The largest absolute Gasteiger partial charge is 0.477 e. The van der Waals surface area contributed by atoms with Crippen LogP contribution in [-0.4, -0.2) is 38.0 Å². The Morgan fingerprint density at radius 3 is 2.71 bits per heavy atom. The first kappa shape index (κ1) is 18.8. The highest BCUT2D eigenvalue weighted by Crippen LogP contribution is 2.56. The number of aromatic nitrogens is 3. The summed E-state index contributed by atoms with van der Waals surface area (Å²) >= 11 is 0. The van der Waals surface area contributed by atoms with Crippen LogP contribution in [0, 0.1) is 11.7 Å². The molecule has 9 heteroatoms. The molecule has 0 bridgehead atoms. The number of H-pyrrole nitrogens is 1. The second kappa shape index (κ2) is 6.06. The Labute approximate surface area is 176 Å². The van der Waals surface area contributed by atoms with Crippen LogP contribution < -0.4 is 5.76 Å². The molecule has 3 fully saturated rings. The Hall–Kier alpha value is -2.94. The van der Waals surface area contributed by atoms with E-state index in [0.717, 1.165) is 31.2 Å². The fourth-order valence-electron chi connectivity index (χ4n) is 5.50. The molecule has 1 aromatic carbocycles. The van der Waals surface area contributed by atoms with Gasteiger partial charge >= 0.3 is 11.7 Å². The van der Waals surface area contributed by atoms with Gasteiger partial charge < -0.3 is 14.4 Å². The molecule has 31 heavy (non-hydrogen) atoms. The van der Waals surface area contributed by atoms with Gasteiger partial charge in [0.1, 0.15) is 17.1 Å². The lowest BCUT2D eigenvalue weighted by molar-refractivity contribution is -0.0132. The van der Waals surface area contributed by atoms with E-state index in [0.29, 0.717) is 18.4 Å². The van der Waals surface area contributed by atoms with Gasteiger partial charge in [0, 0.05) is 12.0 Å². The van der Waals surface area contributed by atoms with Crippen molar-refractivity contribution in [1.29, 1.82) is 0 Å². The fourth-order valence-corrected chi connectivity index (χ4v) is 5.50. The number of nitrogens with one attached hydrogen (secondary N) is 1. The molecule has 0 radical (unpaired) electrons. The molecule has 2 aromatic heterocycles. The smallest absolute Gasteiger partial charge is 0.438 e. The number of nitrogens with zero attached hydrogens (tertiary/aromatic N) is 2. The van der Waals surface area contributed by atoms with E-state index >= 15 is 4.39 Å². The molecular formula is C22H22FN3O5. The lowest BCUT2D eigenvalue weighted by atomic mass is 9.87. The summed E-state index contributed by atoms with van der Waals surface area (Å²) < 4.78 is 27.6. The first-order valence-corrected chi connectivity index (χ1v) is 10.6. The number of carboxylic acid groups (broad SMARTS) is 1. The topological polar surface area (TPSA) is 110 Å². The van der Waals surface area contributed by atoms with Crippen LogP contribution in [0.2, 0.25) is 0 Å². The number of ether oxygens (including phenoxy) is 1. The van der Waals surface area contributed by atoms with Gasteiger partial charge in [-0.2, -0.15) is 0 Å². The second-order valence-corrected chi connectivity index (χ2v) is 9.30. The van der Waals surface area contributed by atoms with Crippen LogP contribution in [0.3, 0.4) is 0 Å². The predicted molar refractivity (Wildman–Crippen MR) is 107 cm³/mol. The Morgan fingerprint density at radius 1 is 1.32 bits per heavy atom. The minimum Gasteiger partial charge on any atom is -0.477 e. The zero-order valence-corrected chi connectivity index (χ0v) is 17.0. The number of aromatic carboxylic acids is 1. The summed E-state index contributed by atoms with van der Waals surface area (Å²) in [7, 11) is 0. The van der Waals surface area contributed by atoms with Crippen molar-refractivity contribution in [2.75, 3.05) is 6.61 Å². The molecule has 1 saturated heterocycles. The van der Waals surface area contributed by atoms with E-state index in [-0.39, 0.29) is 34.5 Å². The van der Waals surface area contributed by atoms with E-state index in [1.165, 1.54) is 16.7 Å². The maximum Gasteiger partial charge on any atom is 0.438 e. The van der Waals surface area contributed by atoms with Gasteiger partial charge in [-0.15, -0.1) is 0 Å². The van der Waals surface area contributed by atoms with E-state index in [1.807, 2.05) is 13.0 Å². The number of hydrogen-bond donors (Lipinski definition) is 2. The number of rotatable bonds is 4. The summed E-state index contributed by atoms with van der Waals surface area (Å²) in [5, 5.41) is 14.3. The number of carbonyl (C=O) groups is 1. The van der Waals surface area contributed by atoms with Gasteiger partial charge in [-0.3, -0.25) is 9.51 Å². The van der Waals surface area contributed by atoms with Crippen LogP contribution >= 0.6 is 0 Å². The molecule has 2 saturated carbocycles. The van der Waals surface area contributed by atoms with Crippen molar-refractivity contribution in [3.63, 3.8) is 0 Å². The summed E-state index contributed by atoms with van der Waals surface area (Å²) in [6, 6.07) is 4.95. The molecule has 2 N–H and O–H groups in total. The average Bonchev–Trinajstić information content (AvgIpc) is 3.49. The number of benzene rings is 1. The van der Waals surface area contributed by atoms with Gasteiger partial charge in [-0.1, -0.05) is 12.1 Å². The maximum atomic E-state index is 15.6. The van der Waals surface area contributed by atoms with Crippen molar-refractivity contribution in [1.82, 2.24) is 14.7 Å². The minimum absolute atomic E-state index is 0.0371. The monoisotopic (exact) mass is 427 g/mol. The number of carboxylic acids is 1. The SMILES string of the molecule is C[C@H]1C[C@]1(c1noc(=O)[nH]1)n1c(C(=O)O)cc2cc([C@H]3CCOC4(CC4)C3)cc(F)c21. The van der Waals surface area contributed by atoms with Crippen LogP contribution in [-0.2, 0) is 10.3 Å². The van der Waals surface area contributed by atoms with Crippen molar-refractivity contribution in [3.8, 4) is 0 Å². The third kappa shape index (κ3) is 2.65. The molecule has 3 heterocycles. The molecule has 3 aliphatic rings. The molecule has 3 atom stereocenters. The first-order valence-electron chi connectivity index (χ1n) is 10.6. The van der Waals surface area contributed by atoms with Crippen molar-refractivity contribution in [2.24, 2.45) is 5.92 Å². The number of aromatic amines is 1. The van der Waals surface area contributed by atoms with E-state index in [2.05, 4.69) is 14.7 Å². The molecule has 162 valence electrons. The van der Waals surface area contributed by atoms with Crippen molar-refractivity contribution in [2.45, 2.75) is 56.1 Å². The van der Waals surface area contributed by atoms with Gasteiger partial charge in [0.2, 0.25) is 0 Å². The van der Waals surface area contributed by atoms with Gasteiger partial charge in [-0.25, -0.2) is 14.0 Å². The van der Waals surface area contributed by atoms with Crippen LogP contribution in [0.5, 0.6) is 0 Å². The maximum absolute atomic E-state index is 15.6. The van der Waals surface area contributed by atoms with Crippen molar-refractivity contribution < 1.29 is 23.6 Å². The quantitative estimate of drug-likeness (QED) is 0.661. The molecule has 3 aromatic rings. The Balaban J connectivity index is 1.53. The summed E-state index contributed by atoms with van der Waals surface area (Å²) in [5.41, 5.74) is 0.0494. The van der Waals surface area contributed by atoms with E-state index in [9.17, 15) is 14.7 Å². The third-order valence-corrected chi connectivity index (χ3v) is 7.39. The fraction of sp³-hybridized carbons (Fsp3) is 0.500. The third-order valence-electron chi connectivity index (χ3n) is 7.39. The van der Waals surface area contributed by atoms with Crippen LogP contribution in [0.4, 0.5) is 4.39 Å². The standard InChI is InChI=1S/C22H22FN3O5/c1-11-9-22(11,19-24-20(29)31-25-19)26-16(18(27)28)8-14-6-13(7-15(23)17(14)26)12-2-5-30-21(10-12)3-4-21/h6-8,11-12H,2-5,9-10H2,1H3,(H,27,28)(H,24,25,29)/t11-,12-,22-/m0/s1. The average molecular weight is 427 g/mol. The predicted octanol–water partition coefficient (Wildman–Crippen LogP) is 3.36. The molecule has 2 aliphatic carbocycles. The molecular weight excluding hydrogens is 405 g/mol. The highest BCUT2D eigenvalue weighted by Gasteiger charge is 2.59. The van der Waals surface area contributed by atoms with E-state index in [4.69, 9.17) is 4.74 Å². The van der Waals surface area contributed by atoms with Crippen molar-refractivity contribution >= 4 is 16.9 Å². The van der Waals surface area contributed by atoms with E-state index in [1.54, 1.807) is 0 Å². The normalized spacial score (nSPS) is 28.8. The van der Waals surface area contributed by atoms with Gasteiger partial charge in [0.15, 0.2) is 5.82 Å². The minimum atomic E-state index is -1.16. The summed E-state index contributed by atoms with van der Waals surface area (Å²) in [5.74, 6) is -2.00. The second-order valence-electron chi connectivity index (χ2n) is 9.30. The van der Waals surface area contributed by atoms with Crippen molar-refractivity contribution in [3.05, 3.63) is 51.6 Å². The Kier molecular flexibility index (Phi) is 3.68. The van der Waals surface area contributed by atoms with Gasteiger partial charge in [0.05, 0.1) is 11.1 Å². The van der Waals surface area contributed by atoms with Gasteiger partial charge in [0.25, 0.3) is 0 Å². The molecule has 1 spiro atoms. The Morgan fingerprint density at radius 2 is 2.10 bits per heavy atom. The lowest BCUT2D eigenvalue weighted by Gasteiger charge is -2.30. The van der Waals surface area contributed by atoms with Gasteiger partial charge in [-0.05, 0) is 67.7 Å². The highest BCUT2D eigenvalue weighted by atomic mass is 19.1. The molecule has 6 rings (SSSR count). The first-order chi connectivity index (χ1) is 14.8. The summed E-state index contributed by atoms with van der Waals surface area (Å²) in [6.45, 7) is 2.57.